The molecule has 0 unspecified atom stereocenters. The zero-order valence-corrected chi connectivity index (χ0v) is 12.5. The number of benzene rings is 2. The van der Waals surface area contributed by atoms with E-state index in [2.05, 4.69) is 42.7 Å². The van der Waals surface area contributed by atoms with E-state index in [1.807, 2.05) is 24.3 Å². The van der Waals surface area contributed by atoms with Crippen LogP contribution in [0.15, 0.2) is 48.5 Å². The first-order valence-corrected chi connectivity index (χ1v) is 7.24. The lowest BCUT2D eigenvalue weighted by molar-refractivity contribution is 0.296. The van der Waals surface area contributed by atoms with Crippen molar-refractivity contribution >= 4 is 16.6 Å². The molecule has 0 amide bonds. The van der Waals surface area contributed by atoms with Crippen molar-refractivity contribution in [2.75, 3.05) is 5.73 Å². The van der Waals surface area contributed by atoms with E-state index in [4.69, 9.17) is 10.5 Å². The van der Waals surface area contributed by atoms with Crippen LogP contribution in [0.2, 0.25) is 0 Å². The summed E-state index contributed by atoms with van der Waals surface area (Å²) in [5, 5.41) is 1.20. The van der Waals surface area contributed by atoms with Crippen LogP contribution >= 0.6 is 0 Å². The maximum absolute atomic E-state index is 5.92. The van der Waals surface area contributed by atoms with Crippen LogP contribution in [0, 0.1) is 6.92 Å². The number of aromatic nitrogens is 1. The van der Waals surface area contributed by atoms with Crippen molar-refractivity contribution < 1.29 is 4.74 Å². The Bertz CT molecular complexity index is 774. The van der Waals surface area contributed by atoms with Gasteiger partial charge in [-0.3, -0.25) is 0 Å². The van der Waals surface area contributed by atoms with Crippen molar-refractivity contribution in [2.45, 2.75) is 27.0 Å². The zero-order valence-electron chi connectivity index (χ0n) is 12.5. The van der Waals surface area contributed by atoms with Crippen molar-refractivity contribution in [2.24, 2.45) is 0 Å². The minimum atomic E-state index is 0.561. The molecule has 1 aromatic heterocycles. The lowest BCUT2D eigenvalue weighted by Crippen LogP contribution is -2.04. The highest BCUT2D eigenvalue weighted by Crippen LogP contribution is 2.24. The van der Waals surface area contributed by atoms with Crippen LogP contribution in [0.1, 0.15) is 18.2 Å². The van der Waals surface area contributed by atoms with Gasteiger partial charge in [-0.15, -0.1) is 0 Å². The smallest absolute Gasteiger partial charge is 0.128 e. The fourth-order valence-electron chi connectivity index (χ4n) is 2.68. The fourth-order valence-corrected chi connectivity index (χ4v) is 2.68. The number of nitrogens with zero attached hydrogens (tertiary/aromatic N) is 1. The second kappa shape index (κ2) is 5.52. The van der Waals surface area contributed by atoms with Gasteiger partial charge in [-0.25, -0.2) is 0 Å². The van der Waals surface area contributed by atoms with Crippen LogP contribution in [-0.2, 0) is 13.2 Å². The molecule has 0 saturated carbocycles. The van der Waals surface area contributed by atoms with Crippen LogP contribution < -0.4 is 10.5 Å². The highest BCUT2D eigenvalue weighted by Gasteiger charge is 2.08. The normalized spacial score (nSPS) is 11.0. The van der Waals surface area contributed by atoms with Gasteiger partial charge >= 0.3 is 0 Å². The lowest BCUT2D eigenvalue weighted by atomic mass is 10.2. The Morgan fingerprint density at radius 3 is 2.71 bits per heavy atom. The molecule has 0 saturated heterocycles. The van der Waals surface area contributed by atoms with E-state index in [1.54, 1.807) is 0 Å². The van der Waals surface area contributed by atoms with Gasteiger partial charge in [0.05, 0.1) is 11.2 Å². The molecule has 3 heteroatoms. The molecule has 108 valence electrons. The molecule has 0 radical (unpaired) electrons. The van der Waals surface area contributed by atoms with E-state index >= 15 is 0 Å². The Hall–Kier alpha value is -2.42. The molecule has 2 aromatic carbocycles. The predicted octanol–water partition coefficient (Wildman–Crippen LogP) is 4.13. The van der Waals surface area contributed by atoms with Gasteiger partial charge in [0, 0.05) is 17.6 Å². The van der Waals surface area contributed by atoms with E-state index in [1.165, 1.54) is 22.2 Å². The highest BCUT2D eigenvalue weighted by molar-refractivity contribution is 5.84. The quantitative estimate of drug-likeness (QED) is 0.730. The summed E-state index contributed by atoms with van der Waals surface area (Å²) in [6, 6.07) is 16.3. The van der Waals surface area contributed by atoms with Gasteiger partial charge in [-0.1, -0.05) is 18.2 Å². The number of nitrogens with two attached hydrogens (primary N) is 1. The molecule has 2 N–H and O–H groups in total. The Morgan fingerprint density at radius 1 is 1.10 bits per heavy atom. The third-order valence-corrected chi connectivity index (χ3v) is 3.71. The summed E-state index contributed by atoms with van der Waals surface area (Å²) in [5.74, 6) is 0.905. The molecule has 21 heavy (non-hydrogen) atoms. The maximum Gasteiger partial charge on any atom is 0.128 e. The van der Waals surface area contributed by atoms with Crippen LogP contribution in [-0.4, -0.2) is 4.57 Å². The molecule has 3 aromatic rings. The van der Waals surface area contributed by atoms with Crippen LogP contribution in [0.3, 0.4) is 0 Å². The molecule has 3 nitrogen and oxygen atoms in total. The Labute approximate surface area is 125 Å². The van der Waals surface area contributed by atoms with Gasteiger partial charge < -0.3 is 15.0 Å². The molecule has 0 bridgehead atoms. The number of nitrogen functional groups attached to an aromatic ring is 1. The third kappa shape index (κ3) is 2.72. The Morgan fingerprint density at radius 2 is 1.95 bits per heavy atom. The molecule has 0 aliphatic carbocycles. The first kappa shape index (κ1) is 13.6. The number of rotatable bonds is 4. The van der Waals surface area contributed by atoms with Gasteiger partial charge in [0.1, 0.15) is 12.4 Å². The van der Waals surface area contributed by atoms with Crippen LogP contribution in [0.25, 0.3) is 10.9 Å². The molecular formula is C18H20N2O. The molecule has 1 heterocycles. The predicted molar refractivity (Wildman–Crippen MR) is 87.5 cm³/mol. The number of fused-ring (bicyclic) bond motifs is 1. The van der Waals surface area contributed by atoms with Crippen molar-refractivity contribution in [3.05, 3.63) is 59.8 Å². The molecule has 0 atom stereocenters. The van der Waals surface area contributed by atoms with Gasteiger partial charge in [0.15, 0.2) is 0 Å². The molecule has 0 fully saturated rings. The Kier molecular flexibility index (Phi) is 3.57. The summed E-state index contributed by atoms with van der Waals surface area (Å²) in [6.45, 7) is 5.67. The fraction of sp³-hybridized carbons (Fsp3) is 0.222. The summed E-state index contributed by atoms with van der Waals surface area (Å²) in [6.07, 6.45) is 0. The number of ether oxygens (including phenoxy) is 1. The van der Waals surface area contributed by atoms with Crippen molar-refractivity contribution in [3.63, 3.8) is 0 Å². The second-order valence-corrected chi connectivity index (χ2v) is 5.30. The van der Waals surface area contributed by atoms with E-state index in [0.29, 0.717) is 6.61 Å². The average molecular weight is 280 g/mol. The van der Waals surface area contributed by atoms with Crippen LogP contribution in [0.4, 0.5) is 5.69 Å². The summed E-state index contributed by atoms with van der Waals surface area (Å²) in [7, 11) is 0. The van der Waals surface area contributed by atoms with Gasteiger partial charge in [-0.2, -0.15) is 0 Å². The lowest BCUT2D eigenvalue weighted by Gasteiger charge is -2.10. The first-order valence-electron chi connectivity index (χ1n) is 7.24. The minimum Gasteiger partial charge on any atom is -0.487 e. The van der Waals surface area contributed by atoms with Crippen molar-refractivity contribution in [1.82, 2.24) is 4.57 Å². The maximum atomic E-state index is 5.92. The highest BCUT2D eigenvalue weighted by atomic mass is 16.5. The molecule has 3 rings (SSSR count). The molecule has 0 aliphatic rings. The number of aryl methyl sites for hydroxylation is 2. The SMILES string of the molecule is CCn1c(COc2cccc(C)c2)cc2ccc(N)cc21. The van der Waals surface area contributed by atoms with Gasteiger partial charge in [0.2, 0.25) is 0 Å². The summed E-state index contributed by atoms with van der Waals surface area (Å²) in [5.41, 5.74) is 10.2. The second-order valence-electron chi connectivity index (χ2n) is 5.30. The Balaban J connectivity index is 1.90. The van der Waals surface area contributed by atoms with E-state index < -0.39 is 0 Å². The number of hydrogen-bond acceptors (Lipinski definition) is 2. The topological polar surface area (TPSA) is 40.2 Å². The van der Waals surface area contributed by atoms with Gasteiger partial charge in [0.25, 0.3) is 0 Å². The van der Waals surface area contributed by atoms with Crippen LogP contribution in [0.5, 0.6) is 5.75 Å². The van der Waals surface area contributed by atoms with E-state index in [-0.39, 0.29) is 0 Å². The monoisotopic (exact) mass is 280 g/mol. The number of hydrogen-bond donors (Lipinski definition) is 1. The minimum absolute atomic E-state index is 0.561. The molecular weight excluding hydrogens is 260 g/mol. The van der Waals surface area contributed by atoms with E-state index in [0.717, 1.165) is 18.0 Å². The third-order valence-electron chi connectivity index (χ3n) is 3.71. The zero-order chi connectivity index (χ0) is 14.8. The first-order chi connectivity index (χ1) is 10.2. The standard InChI is InChI=1S/C18H20N2O/c1-3-20-16(10-14-7-8-15(19)11-18(14)20)12-21-17-6-4-5-13(2)9-17/h4-11H,3,12,19H2,1-2H3. The largest absolute Gasteiger partial charge is 0.487 e. The molecule has 0 spiro atoms. The van der Waals surface area contributed by atoms with Crippen molar-refractivity contribution in [1.29, 1.82) is 0 Å². The summed E-state index contributed by atoms with van der Waals surface area (Å²) in [4.78, 5) is 0. The van der Waals surface area contributed by atoms with Gasteiger partial charge in [-0.05, 0) is 49.7 Å². The van der Waals surface area contributed by atoms with E-state index in [9.17, 15) is 0 Å². The molecule has 0 aliphatic heterocycles. The van der Waals surface area contributed by atoms with Crippen molar-refractivity contribution in [3.8, 4) is 5.75 Å². The summed E-state index contributed by atoms with van der Waals surface area (Å²) >= 11 is 0. The average Bonchev–Trinajstić information content (AvgIpc) is 2.82. The number of anilines is 1. The summed E-state index contributed by atoms with van der Waals surface area (Å²) < 4.78 is 8.17.